The van der Waals surface area contributed by atoms with Gasteiger partial charge in [0.1, 0.15) is 47.5 Å². The third-order valence-corrected chi connectivity index (χ3v) is 7.93. The van der Waals surface area contributed by atoms with Gasteiger partial charge in [0.05, 0.1) is 18.8 Å². The molecule has 13 heteroatoms. The molecule has 0 aliphatic carbocycles. The molecular formula is C33H41N7O6. The van der Waals surface area contributed by atoms with E-state index < -0.39 is 53.9 Å². The highest BCUT2D eigenvalue weighted by Crippen LogP contribution is 2.29. The van der Waals surface area contributed by atoms with Gasteiger partial charge in [-0.2, -0.15) is 0 Å². The van der Waals surface area contributed by atoms with Crippen LogP contribution in [0.3, 0.4) is 0 Å². The van der Waals surface area contributed by atoms with E-state index in [-0.39, 0.29) is 30.5 Å². The molecule has 3 aromatic rings. The van der Waals surface area contributed by atoms with Gasteiger partial charge in [-0.05, 0) is 30.4 Å². The average molecular weight is 632 g/mol. The number of nitrogens with zero attached hydrogens (tertiary/aromatic N) is 4. The van der Waals surface area contributed by atoms with E-state index in [1.807, 2.05) is 24.3 Å². The van der Waals surface area contributed by atoms with Crippen LogP contribution < -0.4 is 20.7 Å². The molecular weight excluding hydrogens is 590 g/mol. The molecule has 1 fully saturated rings. The molecule has 13 nitrogen and oxygen atoms in total. The van der Waals surface area contributed by atoms with Gasteiger partial charge in [-0.1, -0.05) is 52.8 Å². The van der Waals surface area contributed by atoms with E-state index in [9.17, 15) is 24.0 Å². The molecule has 4 rings (SSSR count). The molecule has 3 heterocycles. The van der Waals surface area contributed by atoms with Crippen LogP contribution in [0.2, 0.25) is 0 Å². The van der Waals surface area contributed by atoms with E-state index in [2.05, 4.69) is 30.9 Å². The summed E-state index contributed by atoms with van der Waals surface area (Å²) in [4.78, 5) is 79.3. The normalized spacial score (nSPS) is 18.1. The van der Waals surface area contributed by atoms with Gasteiger partial charge in [0, 0.05) is 30.4 Å². The number of hydrogen-bond acceptors (Lipinski definition) is 9. The molecule has 0 spiro atoms. The Morgan fingerprint density at radius 2 is 1.70 bits per heavy atom. The lowest BCUT2D eigenvalue weighted by atomic mass is 9.98. The summed E-state index contributed by atoms with van der Waals surface area (Å²) in [7, 11) is 0. The third-order valence-electron chi connectivity index (χ3n) is 7.93. The number of amides is 4. The van der Waals surface area contributed by atoms with E-state index in [0.717, 1.165) is 5.39 Å². The predicted octanol–water partition coefficient (Wildman–Crippen LogP) is 2.06. The molecule has 1 aromatic carbocycles. The highest BCUT2D eigenvalue weighted by Gasteiger charge is 2.44. The fourth-order valence-electron chi connectivity index (χ4n) is 5.34. The molecule has 2 aromatic heterocycles. The number of aldehydes is 1. The van der Waals surface area contributed by atoms with Crippen molar-refractivity contribution in [3.8, 4) is 5.75 Å². The average Bonchev–Trinajstić information content (AvgIpc) is 3.48. The Morgan fingerprint density at radius 3 is 2.35 bits per heavy atom. The monoisotopic (exact) mass is 631 g/mol. The van der Waals surface area contributed by atoms with E-state index >= 15 is 0 Å². The van der Waals surface area contributed by atoms with Gasteiger partial charge in [0.2, 0.25) is 17.7 Å². The molecule has 1 aliphatic rings. The Balaban J connectivity index is 1.57. The van der Waals surface area contributed by atoms with Crippen molar-refractivity contribution >= 4 is 40.8 Å². The van der Waals surface area contributed by atoms with E-state index in [1.165, 1.54) is 23.5 Å². The molecule has 0 radical (unpaired) electrons. The van der Waals surface area contributed by atoms with Crippen molar-refractivity contribution in [3.63, 3.8) is 0 Å². The Kier molecular flexibility index (Phi) is 11.3. The van der Waals surface area contributed by atoms with Gasteiger partial charge in [-0.15, -0.1) is 0 Å². The van der Waals surface area contributed by atoms with Crippen LogP contribution in [0.25, 0.3) is 10.9 Å². The van der Waals surface area contributed by atoms with Crippen LogP contribution in [0.5, 0.6) is 5.75 Å². The largest absolute Gasteiger partial charge is 0.486 e. The highest BCUT2D eigenvalue weighted by atomic mass is 16.5. The first kappa shape index (κ1) is 33.9. The van der Waals surface area contributed by atoms with Gasteiger partial charge < -0.3 is 30.4 Å². The SMILES string of the molecule is CCC(C=O)NC(=O)[C@@H]1C[C@@H](Oc2cccc3cccnc23)CN1C(=O)[C@H](NC(=O)[C@H](NC(=O)c1cnccn1)C(C)C)C(C)C. The number of aromatic nitrogens is 3. The zero-order valence-electron chi connectivity index (χ0n) is 26.7. The molecule has 1 aliphatic heterocycles. The summed E-state index contributed by atoms with van der Waals surface area (Å²) in [6.07, 6.45) is 6.41. The van der Waals surface area contributed by atoms with E-state index in [1.54, 1.807) is 46.9 Å². The molecule has 3 N–H and O–H groups in total. The number of pyridine rings is 1. The number of likely N-dealkylation sites (tertiary alicyclic amines) is 1. The van der Waals surface area contributed by atoms with Gasteiger partial charge in [0.15, 0.2) is 0 Å². The summed E-state index contributed by atoms with van der Waals surface area (Å²) in [6.45, 7) is 8.95. The Labute approximate surface area is 267 Å². The van der Waals surface area contributed by atoms with Crippen LogP contribution in [-0.2, 0) is 19.2 Å². The summed E-state index contributed by atoms with van der Waals surface area (Å²) >= 11 is 0. The van der Waals surface area contributed by atoms with Gasteiger partial charge >= 0.3 is 0 Å². The first-order valence-corrected chi connectivity index (χ1v) is 15.5. The molecule has 0 saturated carbocycles. The minimum absolute atomic E-state index is 0.0523. The summed E-state index contributed by atoms with van der Waals surface area (Å²) in [6, 6.07) is 5.61. The number of nitrogens with one attached hydrogen (secondary N) is 3. The van der Waals surface area contributed by atoms with Crippen molar-refractivity contribution in [2.24, 2.45) is 11.8 Å². The number of benzene rings is 1. The Morgan fingerprint density at radius 1 is 0.957 bits per heavy atom. The molecule has 1 saturated heterocycles. The zero-order chi connectivity index (χ0) is 33.4. The van der Waals surface area contributed by atoms with Crippen LogP contribution >= 0.6 is 0 Å². The van der Waals surface area contributed by atoms with Crippen LogP contribution in [0.1, 0.15) is 57.9 Å². The summed E-state index contributed by atoms with van der Waals surface area (Å²) in [5.41, 5.74) is 0.704. The fraction of sp³-hybridized carbons (Fsp3) is 0.455. The Hall–Kier alpha value is -4.94. The van der Waals surface area contributed by atoms with Crippen LogP contribution in [0, 0.1) is 11.8 Å². The van der Waals surface area contributed by atoms with Crippen molar-refractivity contribution < 1.29 is 28.7 Å². The smallest absolute Gasteiger partial charge is 0.272 e. The lowest BCUT2D eigenvalue weighted by molar-refractivity contribution is -0.143. The van der Waals surface area contributed by atoms with Gasteiger partial charge in [-0.3, -0.25) is 29.1 Å². The van der Waals surface area contributed by atoms with Gasteiger partial charge in [-0.25, -0.2) is 4.98 Å². The van der Waals surface area contributed by atoms with E-state index in [4.69, 9.17) is 4.74 Å². The maximum absolute atomic E-state index is 14.2. The number of para-hydroxylation sites is 1. The molecule has 1 unspecified atom stereocenters. The first-order valence-electron chi connectivity index (χ1n) is 15.5. The van der Waals surface area contributed by atoms with Crippen molar-refractivity contribution in [1.82, 2.24) is 35.8 Å². The maximum Gasteiger partial charge on any atom is 0.272 e. The lowest BCUT2D eigenvalue weighted by Crippen LogP contribution is -2.59. The number of carbonyl (C=O) groups excluding carboxylic acids is 5. The second-order valence-corrected chi connectivity index (χ2v) is 12.0. The van der Waals surface area contributed by atoms with Crippen LogP contribution in [-0.4, -0.2) is 86.6 Å². The molecule has 244 valence electrons. The third kappa shape index (κ3) is 8.01. The standard InChI is InChI=1S/C33H41N7O6/c1-6-22(18-41)37-31(43)25-15-23(46-26-11-7-9-21-10-8-12-36-29(21)26)17-40(25)33(45)28(20(4)5)39-32(44)27(19(2)3)38-30(42)24-16-34-13-14-35-24/h7-14,16,18-20,22-23,25,27-28H,6,15,17H2,1-5H3,(H,37,43)(H,38,42)(H,39,44)/t22?,23-,25+,27-,28-/m1/s1. The minimum Gasteiger partial charge on any atom is -0.486 e. The topological polar surface area (TPSA) is 173 Å². The molecule has 4 amide bonds. The van der Waals surface area contributed by atoms with Crippen molar-refractivity contribution in [1.29, 1.82) is 0 Å². The number of ether oxygens (including phenoxy) is 1. The van der Waals surface area contributed by atoms with Crippen molar-refractivity contribution in [2.45, 2.75) is 77.7 Å². The van der Waals surface area contributed by atoms with Gasteiger partial charge in [0.25, 0.3) is 5.91 Å². The van der Waals surface area contributed by atoms with Crippen molar-refractivity contribution in [3.05, 3.63) is 60.8 Å². The minimum atomic E-state index is -1.02. The number of fused-ring (bicyclic) bond motifs is 1. The predicted molar refractivity (Wildman–Crippen MR) is 169 cm³/mol. The summed E-state index contributed by atoms with van der Waals surface area (Å²) < 4.78 is 6.33. The van der Waals surface area contributed by atoms with Crippen LogP contribution in [0.15, 0.2) is 55.1 Å². The summed E-state index contributed by atoms with van der Waals surface area (Å²) in [5, 5.41) is 9.12. The van der Waals surface area contributed by atoms with E-state index in [0.29, 0.717) is 24.0 Å². The van der Waals surface area contributed by atoms with Crippen molar-refractivity contribution in [2.75, 3.05) is 6.54 Å². The highest BCUT2D eigenvalue weighted by molar-refractivity contribution is 5.98. The fourth-order valence-corrected chi connectivity index (χ4v) is 5.34. The second kappa shape index (κ2) is 15.4. The molecule has 46 heavy (non-hydrogen) atoms. The number of rotatable bonds is 13. The Bertz CT molecular complexity index is 1540. The zero-order valence-corrected chi connectivity index (χ0v) is 26.7. The quantitative estimate of drug-likeness (QED) is 0.239. The maximum atomic E-state index is 14.2. The first-order chi connectivity index (χ1) is 22.0. The molecule has 5 atom stereocenters. The number of carbonyl (C=O) groups is 5. The van der Waals surface area contributed by atoms with Crippen LogP contribution in [0.4, 0.5) is 0 Å². The number of hydrogen-bond donors (Lipinski definition) is 3. The molecule has 0 bridgehead atoms. The summed E-state index contributed by atoms with van der Waals surface area (Å²) in [5.74, 6) is -2.27. The lowest BCUT2D eigenvalue weighted by Gasteiger charge is -2.32. The second-order valence-electron chi connectivity index (χ2n) is 12.0.